The predicted molar refractivity (Wildman–Crippen MR) is 113 cm³/mol. The predicted octanol–water partition coefficient (Wildman–Crippen LogP) is 4.82. The largest absolute Gasteiger partial charge is 0.334 e. The minimum absolute atomic E-state index is 0.179. The molecule has 0 spiro atoms. The summed E-state index contributed by atoms with van der Waals surface area (Å²) in [6, 6.07) is 16.8. The number of aromatic nitrogens is 2. The van der Waals surface area contributed by atoms with Gasteiger partial charge >= 0.3 is 0 Å². The van der Waals surface area contributed by atoms with Gasteiger partial charge in [0.25, 0.3) is 15.9 Å². The smallest absolute Gasteiger partial charge is 0.259 e. The third-order valence-electron chi connectivity index (χ3n) is 4.48. The Morgan fingerprint density at radius 3 is 2.60 bits per heavy atom. The van der Waals surface area contributed by atoms with E-state index in [1.165, 1.54) is 22.5 Å². The molecule has 0 aliphatic carbocycles. The summed E-state index contributed by atoms with van der Waals surface area (Å²) in [5.74, 6) is 0.0123. The first-order chi connectivity index (χ1) is 14.5. The SMILES string of the molecule is CCN(Cc1ccccc1)S(=O)(=O)c1cc(-c2nc(-c3cccc(F)c3)no2)cs1. The molecule has 0 aliphatic rings. The zero-order valence-electron chi connectivity index (χ0n) is 16.0. The van der Waals surface area contributed by atoms with Gasteiger partial charge in [-0.3, -0.25) is 0 Å². The Kier molecular flexibility index (Phi) is 5.76. The van der Waals surface area contributed by atoms with Crippen molar-refractivity contribution in [3.63, 3.8) is 0 Å². The number of rotatable bonds is 7. The highest BCUT2D eigenvalue weighted by molar-refractivity contribution is 7.91. The molecule has 0 fully saturated rings. The minimum Gasteiger partial charge on any atom is -0.334 e. The van der Waals surface area contributed by atoms with Crippen LogP contribution in [-0.4, -0.2) is 29.4 Å². The van der Waals surface area contributed by atoms with Gasteiger partial charge in [-0.1, -0.05) is 54.5 Å². The van der Waals surface area contributed by atoms with Crippen molar-refractivity contribution < 1.29 is 17.3 Å². The summed E-state index contributed by atoms with van der Waals surface area (Å²) in [5, 5.41) is 5.53. The van der Waals surface area contributed by atoms with E-state index < -0.39 is 15.8 Å². The van der Waals surface area contributed by atoms with Gasteiger partial charge in [0, 0.05) is 24.0 Å². The molecule has 4 rings (SSSR count). The molecule has 9 heteroatoms. The number of nitrogens with zero attached hydrogens (tertiary/aromatic N) is 3. The lowest BCUT2D eigenvalue weighted by Crippen LogP contribution is -2.29. The summed E-state index contributed by atoms with van der Waals surface area (Å²) >= 11 is 1.10. The molecule has 0 radical (unpaired) electrons. The van der Waals surface area contributed by atoms with Crippen molar-refractivity contribution in [3.05, 3.63) is 77.4 Å². The van der Waals surface area contributed by atoms with Crippen molar-refractivity contribution in [1.82, 2.24) is 14.4 Å². The first-order valence-corrected chi connectivity index (χ1v) is 11.5. The highest BCUT2D eigenvalue weighted by Gasteiger charge is 2.26. The van der Waals surface area contributed by atoms with Crippen LogP contribution in [0.3, 0.4) is 0 Å². The van der Waals surface area contributed by atoms with E-state index in [2.05, 4.69) is 10.1 Å². The molecule has 0 unspecified atom stereocenters. The lowest BCUT2D eigenvalue weighted by Gasteiger charge is -2.19. The Balaban J connectivity index is 1.59. The molecule has 2 aromatic heterocycles. The third kappa shape index (κ3) is 4.18. The van der Waals surface area contributed by atoms with Crippen molar-refractivity contribution >= 4 is 21.4 Å². The Morgan fingerprint density at radius 1 is 1.07 bits per heavy atom. The van der Waals surface area contributed by atoms with Gasteiger partial charge in [-0.2, -0.15) is 9.29 Å². The maximum Gasteiger partial charge on any atom is 0.259 e. The average Bonchev–Trinajstić information content (AvgIpc) is 3.42. The summed E-state index contributed by atoms with van der Waals surface area (Å²) in [6.07, 6.45) is 0. The zero-order valence-corrected chi connectivity index (χ0v) is 17.7. The number of halogens is 1. The lowest BCUT2D eigenvalue weighted by molar-refractivity contribution is 0.424. The summed E-state index contributed by atoms with van der Waals surface area (Å²) in [6.45, 7) is 2.43. The minimum atomic E-state index is -3.68. The van der Waals surface area contributed by atoms with Crippen LogP contribution >= 0.6 is 11.3 Å². The van der Waals surface area contributed by atoms with Gasteiger partial charge in [0.05, 0.1) is 5.56 Å². The molecular formula is C21H18FN3O3S2. The monoisotopic (exact) mass is 443 g/mol. The van der Waals surface area contributed by atoms with E-state index in [1.807, 2.05) is 30.3 Å². The molecule has 0 amide bonds. The number of hydrogen-bond acceptors (Lipinski definition) is 6. The van der Waals surface area contributed by atoms with E-state index in [-0.39, 0.29) is 22.5 Å². The Labute approximate surface area is 177 Å². The van der Waals surface area contributed by atoms with Gasteiger partial charge in [0.1, 0.15) is 10.0 Å². The maximum atomic E-state index is 13.4. The van der Waals surface area contributed by atoms with Crippen LogP contribution in [0.5, 0.6) is 0 Å². The van der Waals surface area contributed by atoms with Gasteiger partial charge in [-0.15, -0.1) is 11.3 Å². The summed E-state index contributed by atoms with van der Waals surface area (Å²) in [5.41, 5.74) is 1.90. The van der Waals surface area contributed by atoms with E-state index in [0.717, 1.165) is 16.9 Å². The van der Waals surface area contributed by atoms with Crippen LogP contribution in [-0.2, 0) is 16.6 Å². The van der Waals surface area contributed by atoms with Gasteiger partial charge in [-0.25, -0.2) is 12.8 Å². The molecule has 0 saturated heterocycles. The van der Waals surface area contributed by atoms with Crippen LogP contribution in [0.15, 0.2) is 74.8 Å². The molecule has 2 aromatic carbocycles. The van der Waals surface area contributed by atoms with E-state index in [0.29, 0.717) is 17.7 Å². The highest BCUT2D eigenvalue weighted by atomic mass is 32.2. The van der Waals surface area contributed by atoms with Gasteiger partial charge in [0.2, 0.25) is 5.82 Å². The van der Waals surface area contributed by atoms with Gasteiger partial charge < -0.3 is 4.52 Å². The topological polar surface area (TPSA) is 76.3 Å². The van der Waals surface area contributed by atoms with Crippen molar-refractivity contribution in [2.75, 3.05) is 6.54 Å². The van der Waals surface area contributed by atoms with E-state index >= 15 is 0 Å². The average molecular weight is 444 g/mol. The molecule has 2 heterocycles. The molecule has 0 saturated carbocycles. The fraction of sp³-hybridized carbons (Fsp3) is 0.143. The van der Waals surface area contributed by atoms with Crippen LogP contribution in [0.25, 0.3) is 22.8 Å². The van der Waals surface area contributed by atoms with Crippen LogP contribution in [0, 0.1) is 5.82 Å². The summed E-state index contributed by atoms with van der Waals surface area (Å²) < 4.78 is 46.5. The Bertz CT molecular complexity index is 1250. The highest BCUT2D eigenvalue weighted by Crippen LogP contribution is 2.31. The maximum absolute atomic E-state index is 13.4. The fourth-order valence-electron chi connectivity index (χ4n) is 2.93. The first-order valence-electron chi connectivity index (χ1n) is 9.20. The normalized spacial score (nSPS) is 11.8. The van der Waals surface area contributed by atoms with E-state index in [4.69, 9.17) is 4.52 Å². The molecule has 0 atom stereocenters. The van der Waals surface area contributed by atoms with Crippen molar-refractivity contribution in [1.29, 1.82) is 0 Å². The van der Waals surface area contributed by atoms with Crippen LogP contribution in [0.2, 0.25) is 0 Å². The number of sulfonamides is 1. The lowest BCUT2D eigenvalue weighted by atomic mass is 10.2. The second-order valence-corrected chi connectivity index (χ2v) is 9.58. The zero-order chi connectivity index (χ0) is 21.1. The van der Waals surface area contributed by atoms with Gasteiger partial charge in [-0.05, 0) is 23.8 Å². The second kappa shape index (κ2) is 8.47. The Morgan fingerprint density at radius 2 is 1.87 bits per heavy atom. The van der Waals surface area contributed by atoms with E-state index in [9.17, 15) is 12.8 Å². The van der Waals surface area contributed by atoms with Crippen LogP contribution in [0.1, 0.15) is 12.5 Å². The Hall–Kier alpha value is -2.88. The first kappa shape index (κ1) is 20.4. The van der Waals surface area contributed by atoms with Crippen molar-refractivity contribution in [3.8, 4) is 22.8 Å². The third-order valence-corrected chi connectivity index (χ3v) is 7.82. The molecule has 0 bridgehead atoms. The summed E-state index contributed by atoms with van der Waals surface area (Å²) in [4.78, 5) is 4.27. The molecule has 6 nitrogen and oxygen atoms in total. The molecule has 30 heavy (non-hydrogen) atoms. The summed E-state index contributed by atoms with van der Waals surface area (Å²) in [7, 11) is -3.68. The van der Waals surface area contributed by atoms with E-state index in [1.54, 1.807) is 24.4 Å². The molecule has 0 aliphatic heterocycles. The van der Waals surface area contributed by atoms with Gasteiger partial charge in [0.15, 0.2) is 0 Å². The molecular weight excluding hydrogens is 425 g/mol. The number of benzene rings is 2. The van der Waals surface area contributed by atoms with Crippen LogP contribution < -0.4 is 0 Å². The molecule has 4 aromatic rings. The molecule has 154 valence electrons. The number of hydrogen-bond donors (Lipinski definition) is 0. The standard InChI is InChI=1S/C21H18FN3O3S2/c1-2-25(13-15-7-4-3-5-8-15)30(26,27)19-12-17(14-29-19)21-23-20(24-28-21)16-9-6-10-18(22)11-16/h3-12,14H,2,13H2,1H3. The second-order valence-electron chi connectivity index (χ2n) is 6.50. The van der Waals surface area contributed by atoms with Crippen LogP contribution in [0.4, 0.5) is 4.39 Å². The van der Waals surface area contributed by atoms with Crippen molar-refractivity contribution in [2.24, 2.45) is 0 Å². The number of thiophene rings is 1. The molecule has 0 N–H and O–H groups in total. The quantitative estimate of drug-likeness (QED) is 0.409. The van der Waals surface area contributed by atoms with Crippen molar-refractivity contribution in [2.45, 2.75) is 17.7 Å². The fourth-order valence-corrected chi connectivity index (χ4v) is 5.67.